The van der Waals surface area contributed by atoms with Crippen LogP contribution in [0.4, 0.5) is 0 Å². The Hall–Kier alpha value is -2.62. The monoisotopic (exact) mass is 349 g/mol. The van der Waals surface area contributed by atoms with Gasteiger partial charge < -0.3 is 9.64 Å². The molecule has 2 aliphatic rings. The number of rotatable bonds is 4. The smallest absolute Gasteiger partial charge is 0.339 e. The molecule has 1 aliphatic carbocycles. The number of benzene rings is 2. The predicted molar refractivity (Wildman–Crippen MR) is 98.7 cm³/mol. The van der Waals surface area contributed by atoms with Gasteiger partial charge in [-0.1, -0.05) is 48.0 Å². The van der Waals surface area contributed by atoms with E-state index in [0.29, 0.717) is 18.5 Å². The lowest BCUT2D eigenvalue weighted by atomic mass is 9.88. The second-order valence-electron chi connectivity index (χ2n) is 7.60. The van der Waals surface area contributed by atoms with Crippen LogP contribution in [0.3, 0.4) is 0 Å². The Morgan fingerprint density at radius 2 is 1.85 bits per heavy atom. The summed E-state index contributed by atoms with van der Waals surface area (Å²) < 4.78 is 5.65. The van der Waals surface area contributed by atoms with E-state index in [4.69, 9.17) is 4.74 Å². The molecule has 1 heterocycles. The molecule has 4 nitrogen and oxygen atoms in total. The van der Waals surface area contributed by atoms with E-state index in [1.54, 1.807) is 13.0 Å². The summed E-state index contributed by atoms with van der Waals surface area (Å²) in [6.45, 7) is 4.35. The van der Waals surface area contributed by atoms with Crippen molar-refractivity contribution in [2.45, 2.75) is 51.3 Å². The second kappa shape index (κ2) is 6.27. The number of esters is 1. The molecule has 1 unspecified atom stereocenters. The van der Waals surface area contributed by atoms with Gasteiger partial charge in [0.1, 0.15) is 0 Å². The Morgan fingerprint density at radius 3 is 2.54 bits per heavy atom. The molecule has 0 saturated heterocycles. The third-order valence-electron chi connectivity index (χ3n) is 5.26. The molecule has 134 valence electrons. The lowest BCUT2D eigenvalue weighted by Crippen LogP contribution is -2.53. The number of amides is 1. The van der Waals surface area contributed by atoms with Gasteiger partial charge in [0.25, 0.3) is 5.91 Å². The zero-order valence-corrected chi connectivity index (χ0v) is 15.2. The van der Waals surface area contributed by atoms with E-state index in [2.05, 4.69) is 24.3 Å². The highest BCUT2D eigenvalue weighted by Crippen LogP contribution is 2.35. The molecular formula is C22H23NO3. The molecule has 0 aromatic heterocycles. The van der Waals surface area contributed by atoms with Crippen molar-refractivity contribution in [1.29, 1.82) is 0 Å². The van der Waals surface area contributed by atoms with Crippen LogP contribution in [0.25, 0.3) is 0 Å². The van der Waals surface area contributed by atoms with Gasteiger partial charge in [0.15, 0.2) is 5.60 Å². The van der Waals surface area contributed by atoms with Gasteiger partial charge in [-0.2, -0.15) is 0 Å². The zero-order valence-electron chi connectivity index (χ0n) is 15.2. The molecule has 1 saturated carbocycles. The van der Waals surface area contributed by atoms with Gasteiger partial charge in [0, 0.05) is 19.0 Å². The lowest BCUT2D eigenvalue weighted by Gasteiger charge is -2.37. The van der Waals surface area contributed by atoms with Gasteiger partial charge in [-0.05, 0) is 43.9 Å². The Labute approximate surface area is 153 Å². The van der Waals surface area contributed by atoms with E-state index in [-0.39, 0.29) is 11.9 Å². The summed E-state index contributed by atoms with van der Waals surface area (Å²) in [4.78, 5) is 27.7. The Kier molecular flexibility index (Phi) is 4.06. The van der Waals surface area contributed by atoms with Gasteiger partial charge in [-0.25, -0.2) is 4.79 Å². The van der Waals surface area contributed by atoms with Gasteiger partial charge in [-0.15, -0.1) is 0 Å². The average Bonchev–Trinajstić information content (AvgIpc) is 3.45. The number of carbonyl (C=O) groups is 2. The van der Waals surface area contributed by atoms with Crippen molar-refractivity contribution in [2.75, 3.05) is 0 Å². The minimum absolute atomic E-state index is 0.0940. The zero-order chi connectivity index (χ0) is 18.3. The van der Waals surface area contributed by atoms with Crippen molar-refractivity contribution < 1.29 is 14.3 Å². The molecule has 0 N–H and O–H groups in total. The summed E-state index contributed by atoms with van der Waals surface area (Å²) in [5.74, 6) is -0.503. The third kappa shape index (κ3) is 3.12. The third-order valence-corrected chi connectivity index (χ3v) is 5.26. The normalized spacial score (nSPS) is 21.7. The number of hydrogen-bond donors (Lipinski definition) is 0. The topological polar surface area (TPSA) is 46.6 Å². The molecule has 0 bridgehead atoms. The van der Waals surface area contributed by atoms with E-state index in [1.165, 1.54) is 5.56 Å². The summed E-state index contributed by atoms with van der Waals surface area (Å²) in [6.07, 6.45) is 2.45. The van der Waals surface area contributed by atoms with Crippen molar-refractivity contribution in [3.63, 3.8) is 0 Å². The second-order valence-corrected chi connectivity index (χ2v) is 7.60. The first kappa shape index (κ1) is 16.8. The standard InChI is InChI=1S/C22H23NO3/c1-15-7-9-16(10-8-15)14-23(18-11-12-18)21(25)22(2)13-17-5-3-4-6-19(17)20(24)26-22/h3-10,18H,11-14H2,1-2H3. The maximum Gasteiger partial charge on any atom is 0.339 e. The molecule has 1 aliphatic heterocycles. The molecule has 1 fully saturated rings. The number of ether oxygens (including phenoxy) is 1. The highest BCUT2D eigenvalue weighted by atomic mass is 16.6. The first-order valence-electron chi connectivity index (χ1n) is 9.14. The fraction of sp³-hybridized carbons (Fsp3) is 0.364. The highest BCUT2D eigenvalue weighted by molar-refractivity contribution is 5.97. The fourth-order valence-corrected chi connectivity index (χ4v) is 3.60. The van der Waals surface area contributed by atoms with Crippen molar-refractivity contribution in [3.05, 3.63) is 70.8 Å². The van der Waals surface area contributed by atoms with E-state index in [9.17, 15) is 9.59 Å². The molecule has 26 heavy (non-hydrogen) atoms. The van der Waals surface area contributed by atoms with E-state index >= 15 is 0 Å². The van der Waals surface area contributed by atoms with Crippen molar-refractivity contribution in [2.24, 2.45) is 0 Å². The molecule has 1 atom stereocenters. The average molecular weight is 349 g/mol. The van der Waals surface area contributed by atoms with E-state index in [0.717, 1.165) is 24.0 Å². The summed E-state index contributed by atoms with van der Waals surface area (Å²) >= 11 is 0. The first-order chi connectivity index (χ1) is 12.5. The van der Waals surface area contributed by atoms with Gasteiger partial charge in [0.2, 0.25) is 0 Å². The van der Waals surface area contributed by atoms with Crippen LogP contribution in [0.2, 0.25) is 0 Å². The van der Waals surface area contributed by atoms with Crippen molar-refractivity contribution in [1.82, 2.24) is 4.90 Å². The number of cyclic esters (lactones) is 1. The lowest BCUT2D eigenvalue weighted by molar-refractivity contribution is -0.152. The summed E-state index contributed by atoms with van der Waals surface area (Å²) in [5, 5.41) is 0. The largest absolute Gasteiger partial charge is 0.445 e. The summed E-state index contributed by atoms with van der Waals surface area (Å²) in [5.41, 5.74) is 2.60. The predicted octanol–water partition coefficient (Wildman–Crippen LogP) is 3.66. The van der Waals surface area contributed by atoms with Gasteiger partial charge >= 0.3 is 5.97 Å². The minimum atomic E-state index is -1.14. The molecule has 1 amide bonds. The maximum atomic E-state index is 13.4. The van der Waals surface area contributed by atoms with Gasteiger partial charge in [-0.3, -0.25) is 4.79 Å². The van der Waals surface area contributed by atoms with Crippen LogP contribution in [0.15, 0.2) is 48.5 Å². The van der Waals surface area contributed by atoms with Gasteiger partial charge in [0.05, 0.1) is 5.56 Å². The Balaban J connectivity index is 1.60. The quantitative estimate of drug-likeness (QED) is 0.792. The Bertz CT molecular complexity index is 854. The van der Waals surface area contributed by atoms with Crippen LogP contribution < -0.4 is 0 Å². The van der Waals surface area contributed by atoms with Crippen molar-refractivity contribution >= 4 is 11.9 Å². The molecule has 0 spiro atoms. The molecule has 2 aromatic carbocycles. The summed E-state index contributed by atoms with van der Waals surface area (Å²) in [6, 6.07) is 15.9. The highest BCUT2D eigenvalue weighted by Gasteiger charge is 2.47. The van der Waals surface area contributed by atoms with Crippen LogP contribution in [-0.2, 0) is 22.5 Å². The SMILES string of the molecule is Cc1ccc(CN(C(=O)C2(C)Cc3ccccc3C(=O)O2)C2CC2)cc1. The number of carbonyl (C=O) groups excluding carboxylic acids is 2. The van der Waals surface area contributed by atoms with E-state index < -0.39 is 11.6 Å². The van der Waals surface area contributed by atoms with Crippen LogP contribution in [0.5, 0.6) is 0 Å². The number of aryl methyl sites for hydroxylation is 1. The van der Waals surface area contributed by atoms with Crippen LogP contribution in [0.1, 0.15) is 46.8 Å². The minimum Gasteiger partial charge on any atom is -0.445 e. The van der Waals surface area contributed by atoms with Crippen LogP contribution >= 0.6 is 0 Å². The Morgan fingerprint density at radius 1 is 1.15 bits per heavy atom. The van der Waals surface area contributed by atoms with Crippen molar-refractivity contribution in [3.8, 4) is 0 Å². The molecular weight excluding hydrogens is 326 g/mol. The molecule has 0 radical (unpaired) electrons. The molecule has 4 heteroatoms. The number of nitrogens with zero attached hydrogens (tertiary/aromatic N) is 1. The van der Waals surface area contributed by atoms with Crippen LogP contribution in [0, 0.1) is 6.92 Å². The maximum absolute atomic E-state index is 13.4. The van der Waals surface area contributed by atoms with E-state index in [1.807, 2.05) is 30.0 Å². The first-order valence-corrected chi connectivity index (χ1v) is 9.14. The number of fused-ring (bicyclic) bond motifs is 1. The molecule has 2 aromatic rings. The number of hydrogen-bond acceptors (Lipinski definition) is 3. The summed E-state index contributed by atoms with van der Waals surface area (Å²) in [7, 11) is 0. The molecule has 4 rings (SSSR count). The van der Waals surface area contributed by atoms with Crippen LogP contribution in [-0.4, -0.2) is 28.4 Å². The fourth-order valence-electron chi connectivity index (χ4n) is 3.60.